The smallest absolute Gasteiger partial charge is 0.243 e. The van der Waals surface area contributed by atoms with Crippen molar-refractivity contribution in [2.75, 3.05) is 18.0 Å². The fraction of sp³-hybridized carbons (Fsp3) is 0.273. The van der Waals surface area contributed by atoms with Crippen molar-refractivity contribution in [3.8, 4) is 0 Å². The van der Waals surface area contributed by atoms with Crippen LogP contribution in [0, 0.1) is 6.92 Å². The Hall–Kier alpha value is -2.92. The van der Waals surface area contributed by atoms with Crippen LogP contribution in [0.15, 0.2) is 65.2 Å². The van der Waals surface area contributed by atoms with Gasteiger partial charge in [0.1, 0.15) is 5.76 Å². The maximum Gasteiger partial charge on any atom is 0.243 e. The minimum Gasteiger partial charge on any atom is -0.361 e. The quantitative estimate of drug-likeness (QED) is 0.714. The van der Waals surface area contributed by atoms with Crippen LogP contribution in [0.3, 0.4) is 0 Å². The van der Waals surface area contributed by atoms with Gasteiger partial charge in [0.05, 0.1) is 16.8 Å². The number of hydrogen-bond donors (Lipinski definition) is 0. The van der Waals surface area contributed by atoms with Gasteiger partial charge >= 0.3 is 0 Å². The van der Waals surface area contributed by atoms with E-state index in [4.69, 9.17) is 4.52 Å². The molecule has 1 atom stereocenters. The van der Waals surface area contributed by atoms with E-state index >= 15 is 0 Å². The van der Waals surface area contributed by atoms with Crippen molar-refractivity contribution >= 4 is 17.3 Å². The fourth-order valence-corrected chi connectivity index (χ4v) is 4.49. The van der Waals surface area contributed by atoms with E-state index < -0.39 is 5.41 Å². The fourth-order valence-electron chi connectivity index (χ4n) is 4.49. The van der Waals surface area contributed by atoms with Gasteiger partial charge in [0.15, 0.2) is 0 Å². The van der Waals surface area contributed by atoms with Gasteiger partial charge in [-0.25, -0.2) is 0 Å². The Kier molecular flexibility index (Phi) is 3.65. The first-order valence-corrected chi connectivity index (χ1v) is 9.31. The van der Waals surface area contributed by atoms with E-state index in [1.807, 2.05) is 60.4 Å². The van der Waals surface area contributed by atoms with E-state index in [1.54, 1.807) is 0 Å². The lowest BCUT2D eigenvalue weighted by atomic mass is 9.81. The Balaban J connectivity index is 1.50. The summed E-state index contributed by atoms with van der Waals surface area (Å²) in [6.45, 7) is 4.18. The van der Waals surface area contributed by atoms with E-state index in [0.29, 0.717) is 13.1 Å². The number of benzene rings is 2. The zero-order valence-electron chi connectivity index (χ0n) is 15.3. The number of aromatic nitrogens is 1. The molecule has 0 N–H and O–H groups in total. The Morgan fingerprint density at radius 3 is 2.67 bits per heavy atom. The summed E-state index contributed by atoms with van der Waals surface area (Å²) in [5.41, 5.74) is 3.51. The lowest BCUT2D eigenvalue weighted by Crippen LogP contribution is -2.40. The molecule has 27 heavy (non-hydrogen) atoms. The average Bonchev–Trinajstić information content (AvgIpc) is 3.36. The molecule has 1 unspecified atom stereocenters. The van der Waals surface area contributed by atoms with Crippen molar-refractivity contribution in [2.45, 2.75) is 25.3 Å². The number of amides is 1. The molecule has 136 valence electrons. The molecule has 1 amide bonds. The van der Waals surface area contributed by atoms with Crippen LogP contribution in [0.2, 0.25) is 0 Å². The first kappa shape index (κ1) is 16.3. The molecular weight excluding hydrogens is 338 g/mol. The van der Waals surface area contributed by atoms with E-state index in [1.165, 1.54) is 0 Å². The van der Waals surface area contributed by atoms with Crippen molar-refractivity contribution in [2.24, 2.45) is 0 Å². The number of rotatable bonds is 3. The SMILES string of the molecule is Cc1cc(CN2CCC3(C2)C(=O)N(c2ccccc2)c2ccccc23)no1. The minimum atomic E-state index is -0.481. The lowest BCUT2D eigenvalue weighted by molar-refractivity contribution is -0.122. The molecule has 1 fully saturated rings. The number of anilines is 2. The van der Waals surface area contributed by atoms with Crippen molar-refractivity contribution in [1.82, 2.24) is 10.1 Å². The van der Waals surface area contributed by atoms with E-state index in [2.05, 4.69) is 22.2 Å². The van der Waals surface area contributed by atoms with Gasteiger partial charge in [-0.1, -0.05) is 41.6 Å². The Morgan fingerprint density at radius 2 is 1.89 bits per heavy atom. The third kappa shape index (κ3) is 2.50. The van der Waals surface area contributed by atoms with Gasteiger partial charge in [-0.3, -0.25) is 14.6 Å². The summed E-state index contributed by atoms with van der Waals surface area (Å²) in [6.07, 6.45) is 0.822. The zero-order valence-corrected chi connectivity index (χ0v) is 15.3. The number of carbonyl (C=O) groups excluding carboxylic acids is 1. The molecule has 0 saturated carbocycles. The molecular formula is C22H21N3O2. The standard InChI is InChI=1S/C22H21N3O2/c1-16-13-17(23-27-16)14-24-12-11-22(15-24)19-9-5-6-10-20(19)25(21(22)26)18-7-3-2-4-8-18/h2-10,13H,11-12,14-15H2,1H3. The van der Waals surface area contributed by atoms with Gasteiger partial charge in [0, 0.05) is 31.4 Å². The van der Waals surface area contributed by atoms with E-state index in [0.717, 1.165) is 41.4 Å². The summed E-state index contributed by atoms with van der Waals surface area (Å²) in [7, 11) is 0. The molecule has 2 aliphatic rings. The van der Waals surface area contributed by atoms with Crippen molar-refractivity contribution in [3.05, 3.63) is 77.7 Å². The highest BCUT2D eigenvalue weighted by atomic mass is 16.5. The number of likely N-dealkylation sites (tertiary alicyclic amines) is 1. The van der Waals surface area contributed by atoms with Gasteiger partial charge < -0.3 is 4.52 Å². The number of para-hydroxylation sites is 2. The summed E-state index contributed by atoms with van der Waals surface area (Å²) >= 11 is 0. The average molecular weight is 359 g/mol. The first-order valence-electron chi connectivity index (χ1n) is 9.31. The first-order chi connectivity index (χ1) is 13.2. The van der Waals surface area contributed by atoms with Crippen LogP contribution in [-0.4, -0.2) is 29.1 Å². The molecule has 3 heterocycles. The summed E-state index contributed by atoms with van der Waals surface area (Å²) in [5, 5.41) is 4.11. The van der Waals surface area contributed by atoms with Crippen molar-refractivity contribution in [3.63, 3.8) is 0 Å². The predicted octanol–water partition coefficient (Wildman–Crippen LogP) is 3.81. The maximum absolute atomic E-state index is 13.7. The third-order valence-electron chi connectivity index (χ3n) is 5.70. The zero-order chi connectivity index (χ0) is 18.4. The summed E-state index contributed by atoms with van der Waals surface area (Å²) in [5.74, 6) is 0.991. The van der Waals surface area contributed by atoms with Crippen LogP contribution in [0.5, 0.6) is 0 Å². The number of carbonyl (C=O) groups is 1. The summed E-state index contributed by atoms with van der Waals surface area (Å²) < 4.78 is 5.19. The molecule has 1 aromatic heterocycles. The van der Waals surface area contributed by atoms with Crippen LogP contribution in [0.1, 0.15) is 23.4 Å². The monoisotopic (exact) mass is 359 g/mol. The maximum atomic E-state index is 13.7. The van der Waals surface area contributed by atoms with Crippen LogP contribution >= 0.6 is 0 Å². The molecule has 0 radical (unpaired) electrons. The molecule has 3 aromatic rings. The van der Waals surface area contributed by atoms with Crippen LogP contribution in [0.4, 0.5) is 11.4 Å². The van der Waals surface area contributed by atoms with Gasteiger partial charge in [0.25, 0.3) is 0 Å². The number of hydrogen-bond acceptors (Lipinski definition) is 4. The largest absolute Gasteiger partial charge is 0.361 e. The normalized spacial score (nSPS) is 22.0. The second-order valence-corrected chi connectivity index (χ2v) is 7.46. The van der Waals surface area contributed by atoms with Gasteiger partial charge in [-0.15, -0.1) is 0 Å². The molecule has 1 spiro atoms. The summed E-state index contributed by atoms with van der Waals surface area (Å²) in [4.78, 5) is 17.8. The lowest BCUT2D eigenvalue weighted by Gasteiger charge is -2.24. The molecule has 5 nitrogen and oxygen atoms in total. The highest BCUT2D eigenvalue weighted by Gasteiger charge is 2.54. The Labute approximate surface area is 158 Å². The Bertz CT molecular complexity index is 998. The topological polar surface area (TPSA) is 49.6 Å². The molecule has 2 aromatic carbocycles. The molecule has 2 aliphatic heterocycles. The number of aryl methyl sites for hydroxylation is 1. The van der Waals surface area contributed by atoms with Crippen LogP contribution in [0.25, 0.3) is 0 Å². The Morgan fingerprint density at radius 1 is 1.11 bits per heavy atom. The molecule has 0 bridgehead atoms. The minimum absolute atomic E-state index is 0.175. The van der Waals surface area contributed by atoms with Crippen LogP contribution in [-0.2, 0) is 16.8 Å². The molecule has 0 aliphatic carbocycles. The number of nitrogens with zero attached hydrogens (tertiary/aromatic N) is 3. The van der Waals surface area contributed by atoms with Crippen LogP contribution < -0.4 is 4.90 Å². The third-order valence-corrected chi connectivity index (χ3v) is 5.70. The van der Waals surface area contributed by atoms with E-state index in [9.17, 15) is 4.79 Å². The molecule has 5 rings (SSSR count). The van der Waals surface area contributed by atoms with Gasteiger partial charge in [-0.05, 0) is 37.1 Å². The molecule has 5 heteroatoms. The second kappa shape index (κ2) is 6.06. The predicted molar refractivity (Wildman–Crippen MR) is 103 cm³/mol. The molecule has 1 saturated heterocycles. The second-order valence-electron chi connectivity index (χ2n) is 7.46. The van der Waals surface area contributed by atoms with E-state index in [-0.39, 0.29) is 5.91 Å². The number of fused-ring (bicyclic) bond motifs is 2. The van der Waals surface area contributed by atoms with Gasteiger partial charge in [0.2, 0.25) is 5.91 Å². The van der Waals surface area contributed by atoms with Crippen molar-refractivity contribution < 1.29 is 9.32 Å². The highest BCUT2D eigenvalue weighted by Crippen LogP contribution is 2.49. The van der Waals surface area contributed by atoms with Gasteiger partial charge in [-0.2, -0.15) is 0 Å². The highest BCUT2D eigenvalue weighted by molar-refractivity contribution is 6.13. The summed E-state index contributed by atoms with van der Waals surface area (Å²) in [6, 6.07) is 20.1. The van der Waals surface area contributed by atoms with Crippen molar-refractivity contribution in [1.29, 1.82) is 0 Å².